The van der Waals surface area contributed by atoms with Crippen molar-refractivity contribution in [1.82, 2.24) is 9.47 Å². The number of imidazole rings is 1. The predicted octanol–water partition coefficient (Wildman–Crippen LogP) is 0.894. The quantitative estimate of drug-likeness (QED) is 0.407. The Balaban J connectivity index is 1.71. The lowest BCUT2D eigenvalue weighted by Gasteiger charge is -2.15. The molecule has 0 spiro atoms. The molecule has 1 aliphatic rings. The highest BCUT2D eigenvalue weighted by molar-refractivity contribution is 5.86. The molecular weight excluding hydrogens is 282 g/mol. The van der Waals surface area contributed by atoms with Gasteiger partial charge in [0.2, 0.25) is 12.2 Å². The van der Waals surface area contributed by atoms with Crippen molar-refractivity contribution in [2.24, 2.45) is 13.0 Å². The first-order valence-electron chi connectivity index (χ1n) is 8.05. The van der Waals surface area contributed by atoms with Crippen LogP contribution in [-0.4, -0.2) is 41.0 Å². The Morgan fingerprint density at radius 3 is 2.91 bits per heavy atom. The van der Waals surface area contributed by atoms with E-state index >= 15 is 0 Å². The van der Waals surface area contributed by atoms with Crippen molar-refractivity contribution in [3.05, 3.63) is 18.7 Å². The molecule has 0 aliphatic carbocycles. The van der Waals surface area contributed by atoms with Gasteiger partial charge in [-0.25, -0.2) is 9.13 Å². The van der Waals surface area contributed by atoms with Crippen LogP contribution in [0.1, 0.15) is 32.6 Å². The van der Waals surface area contributed by atoms with Crippen LogP contribution in [0.3, 0.4) is 0 Å². The standard InChI is InChI=1S/C16H26N3O3/c1-3-4-10-22-16(21)14-11-15(20)19(12-14)7-5-6-18-9-8-17(2)13-18/h8-9,13-14H,3-7,10-12H2,1-2H3/q+1. The highest BCUT2D eigenvalue weighted by Gasteiger charge is 2.34. The van der Waals surface area contributed by atoms with Gasteiger partial charge in [0.1, 0.15) is 12.4 Å². The van der Waals surface area contributed by atoms with Crippen LogP contribution in [0.4, 0.5) is 0 Å². The van der Waals surface area contributed by atoms with Gasteiger partial charge < -0.3 is 9.64 Å². The molecule has 1 aromatic heterocycles. The number of carbonyl (C=O) groups excluding carboxylic acids is 2. The molecule has 122 valence electrons. The molecule has 22 heavy (non-hydrogen) atoms. The summed E-state index contributed by atoms with van der Waals surface area (Å²) in [4.78, 5) is 25.7. The van der Waals surface area contributed by atoms with Crippen LogP contribution in [0.2, 0.25) is 0 Å². The molecular formula is C16H26N3O3+. The second-order valence-corrected chi connectivity index (χ2v) is 5.93. The van der Waals surface area contributed by atoms with E-state index in [0.717, 1.165) is 25.8 Å². The third-order valence-corrected chi connectivity index (χ3v) is 3.96. The number of ether oxygens (including phenoxy) is 1. The number of likely N-dealkylation sites (tertiary alicyclic amines) is 1. The summed E-state index contributed by atoms with van der Waals surface area (Å²) in [5, 5.41) is 0. The molecule has 6 heteroatoms. The summed E-state index contributed by atoms with van der Waals surface area (Å²) < 4.78 is 9.30. The summed E-state index contributed by atoms with van der Waals surface area (Å²) in [7, 11) is 1.98. The molecule has 0 bridgehead atoms. The minimum atomic E-state index is -0.284. The van der Waals surface area contributed by atoms with Gasteiger partial charge >= 0.3 is 5.97 Å². The van der Waals surface area contributed by atoms with Crippen LogP contribution in [0.25, 0.3) is 0 Å². The van der Waals surface area contributed by atoms with Gasteiger partial charge in [0.25, 0.3) is 0 Å². The number of rotatable bonds is 8. The molecule has 2 heterocycles. The third-order valence-electron chi connectivity index (χ3n) is 3.96. The molecule has 1 unspecified atom stereocenters. The fraction of sp³-hybridized carbons (Fsp3) is 0.688. The molecule has 1 amide bonds. The highest BCUT2D eigenvalue weighted by atomic mass is 16.5. The number of hydrogen-bond donors (Lipinski definition) is 0. The second-order valence-electron chi connectivity index (χ2n) is 5.93. The number of hydrogen-bond acceptors (Lipinski definition) is 3. The van der Waals surface area contributed by atoms with E-state index < -0.39 is 0 Å². The molecule has 0 radical (unpaired) electrons. The first kappa shape index (κ1) is 16.5. The van der Waals surface area contributed by atoms with E-state index in [0.29, 0.717) is 26.1 Å². The van der Waals surface area contributed by atoms with E-state index in [1.54, 1.807) is 4.90 Å². The number of carbonyl (C=O) groups is 2. The first-order chi connectivity index (χ1) is 10.6. The van der Waals surface area contributed by atoms with Crippen molar-refractivity contribution < 1.29 is 18.9 Å². The third kappa shape index (κ3) is 4.58. The topological polar surface area (TPSA) is 55.4 Å². The van der Waals surface area contributed by atoms with Crippen LogP contribution >= 0.6 is 0 Å². The number of unbranched alkanes of at least 4 members (excludes halogenated alkanes) is 1. The summed E-state index contributed by atoms with van der Waals surface area (Å²) in [6.07, 6.45) is 9.08. The predicted molar refractivity (Wildman–Crippen MR) is 80.8 cm³/mol. The average molecular weight is 308 g/mol. The van der Waals surface area contributed by atoms with Crippen molar-refractivity contribution in [3.8, 4) is 0 Å². The minimum absolute atomic E-state index is 0.0653. The highest BCUT2D eigenvalue weighted by Crippen LogP contribution is 2.19. The van der Waals surface area contributed by atoms with E-state index in [4.69, 9.17) is 4.74 Å². The maximum Gasteiger partial charge on any atom is 0.311 e. The van der Waals surface area contributed by atoms with Crippen molar-refractivity contribution in [2.45, 2.75) is 39.2 Å². The maximum absolute atomic E-state index is 12.0. The first-order valence-corrected chi connectivity index (χ1v) is 8.05. The summed E-state index contributed by atoms with van der Waals surface area (Å²) >= 11 is 0. The Morgan fingerprint density at radius 2 is 2.23 bits per heavy atom. The van der Waals surface area contributed by atoms with E-state index in [1.807, 2.05) is 30.3 Å². The lowest BCUT2D eigenvalue weighted by molar-refractivity contribution is -0.671. The van der Waals surface area contributed by atoms with Gasteiger partial charge in [-0.2, -0.15) is 0 Å². The SMILES string of the molecule is CCCCOC(=O)C1CC(=O)N(CCCn2cc[n+](C)c2)C1. The smallest absolute Gasteiger partial charge is 0.311 e. The number of aromatic nitrogens is 2. The van der Waals surface area contributed by atoms with Crippen LogP contribution in [0.5, 0.6) is 0 Å². The van der Waals surface area contributed by atoms with Gasteiger partial charge in [0, 0.05) is 25.9 Å². The van der Waals surface area contributed by atoms with Crippen molar-refractivity contribution >= 4 is 11.9 Å². The van der Waals surface area contributed by atoms with Gasteiger partial charge in [0.15, 0.2) is 0 Å². The molecule has 0 saturated carbocycles. The fourth-order valence-electron chi connectivity index (χ4n) is 2.66. The monoisotopic (exact) mass is 308 g/mol. The van der Waals surface area contributed by atoms with E-state index in [2.05, 4.69) is 11.5 Å². The van der Waals surface area contributed by atoms with Gasteiger partial charge in [-0.3, -0.25) is 9.59 Å². The summed E-state index contributed by atoms with van der Waals surface area (Å²) in [6, 6.07) is 0. The molecule has 0 N–H and O–H groups in total. The molecule has 2 rings (SSSR count). The van der Waals surface area contributed by atoms with Gasteiger partial charge in [-0.05, 0) is 6.42 Å². The Kier molecular flexibility index (Phi) is 5.98. The average Bonchev–Trinajstić information content (AvgIpc) is 3.06. The van der Waals surface area contributed by atoms with Crippen LogP contribution < -0.4 is 4.57 Å². The zero-order valence-corrected chi connectivity index (χ0v) is 13.5. The molecule has 0 aromatic carbocycles. The molecule has 1 aromatic rings. The van der Waals surface area contributed by atoms with E-state index in [-0.39, 0.29) is 17.8 Å². The fourth-order valence-corrected chi connectivity index (χ4v) is 2.66. The largest absolute Gasteiger partial charge is 0.465 e. The normalized spacial score (nSPS) is 18.0. The van der Waals surface area contributed by atoms with E-state index in [1.165, 1.54) is 0 Å². The van der Waals surface area contributed by atoms with Crippen LogP contribution in [-0.2, 0) is 27.9 Å². The summed E-state index contributed by atoms with van der Waals surface area (Å²) in [5.74, 6) is -0.439. The lowest BCUT2D eigenvalue weighted by atomic mass is 10.1. The van der Waals surface area contributed by atoms with Crippen molar-refractivity contribution in [1.29, 1.82) is 0 Å². The zero-order valence-electron chi connectivity index (χ0n) is 13.5. The molecule has 1 fully saturated rings. The molecule has 1 aliphatic heterocycles. The number of aryl methyl sites for hydroxylation is 2. The number of amides is 1. The number of esters is 1. The molecule has 1 saturated heterocycles. The van der Waals surface area contributed by atoms with Gasteiger partial charge in [0.05, 0.1) is 26.1 Å². The van der Waals surface area contributed by atoms with Crippen LogP contribution in [0.15, 0.2) is 18.7 Å². The lowest BCUT2D eigenvalue weighted by Crippen LogP contribution is -2.28. The van der Waals surface area contributed by atoms with Gasteiger partial charge in [-0.15, -0.1) is 0 Å². The van der Waals surface area contributed by atoms with Crippen molar-refractivity contribution in [3.63, 3.8) is 0 Å². The Bertz CT molecular complexity index is 512. The Labute approximate surface area is 131 Å². The molecule has 1 atom stereocenters. The summed E-state index contributed by atoms with van der Waals surface area (Å²) in [6.45, 7) is 4.59. The van der Waals surface area contributed by atoms with Crippen molar-refractivity contribution in [2.75, 3.05) is 19.7 Å². The second kappa shape index (κ2) is 7.96. The Hall–Kier alpha value is -1.85. The maximum atomic E-state index is 12.0. The summed E-state index contributed by atoms with van der Waals surface area (Å²) in [5.41, 5.74) is 0. The van der Waals surface area contributed by atoms with E-state index in [9.17, 15) is 9.59 Å². The molecule has 6 nitrogen and oxygen atoms in total. The minimum Gasteiger partial charge on any atom is -0.465 e. The number of nitrogens with zero attached hydrogens (tertiary/aromatic N) is 3. The van der Waals surface area contributed by atoms with Crippen LogP contribution in [0, 0.1) is 5.92 Å². The van der Waals surface area contributed by atoms with Gasteiger partial charge in [-0.1, -0.05) is 13.3 Å². The Morgan fingerprint density at radius 1 is 1.41 bits per heavy atom. The zero-order chi connectivity index (χ0) is 15.9.